The molecule has 0 aliphatic heterocycles. The third kappa shape index (κ3) is 3.98. The van der Waals surface area contributed by atoms with Gasteiger partial charge in [-0.15, -0.1) is 0 Å². The van der Waals surface area contributed by atoms with Crippen molar-refractivity contribution in [1.82, 2.24) is 0 Å². The summed E-state index contributed by atoms with van der Waals surface area (Å²) in [6.45, 7) is 3.89. The number of aliphatic carboxylic acids is 1. The molecular formula is C8H16O3. The van der Waals surface area contributed by atoms with Crippen LogP contribution in [0.1, 0.15) is 26.7 Å². The average Bonchev–Trinajstić information content (AvgIpc) is 1.88. The number of methoxy groups -OCH3 is 1. The van der Waals surface area contributed by atoms with E-state index in [0.29, 0.717) is 0 Å². The summed E-state index contributed by atoms with van der Waals surface area (Å²) in [4.78, 5) is 10.3. The van der Waals surface area contributed by atoms with Gasteiger partial charge in [0.25, 0.3) is 0 Å². The number of carboxylic acids is 1. The van der Waals surface area contributed by atoms with Crippen molar-refractivity contribution < 1.29 is 14.6 Å². The number of ether oxygens (including phenoxy) is 1. The lowest BCUT2D eigenvalue weighted by Gasteiger charge is -2.18. The van der Waals surface area contributed by atoms with Gasteiger partial charge in [-0.05, 0) is 12.3 Å². The molecule has 0 aromatic carbocycles. The predicted octanol–water partition coefficient (Wildman–Crippen LogP) is 1.52. The zero-order valence-corrected chi connectivity index (χ0v) is 7.33. The molecule has 3 heteroatoms. The standard InChI is InChI=1S/C8H16O3/c1-4-7(11-3)6(2)5-8(9)10/h6-7H,4-5H2,1-3H3,(H,9,10). The van der Waals surface area contributed by atoms with Crippen LogP contribution in [0.4, 0.5) is 0 Å². The van der Waals surface area contributed by atoms with Gasteiger partial charge in [0, 0.05) is 7.11 Å². The molecule has 0 radical (unpaired) electrons. The van der Waals surface area contributed by atoms with E-state index in [4.69, 9.17) is 9.84 Å². The first-order chi connectivity index (χ1) is 5.11. The highest BCUT2D eigenvalue weighted by molar-refractivity contribution is 5.67. The summed E-state index contributed by atoms with van der Waals surface area (Å²) in [6, 6.07) is 0. The third-order valence-corrected chi connectivity index (χ3v) is 1.84. The van der Waals surface area contributed by atoms with Crippen LogP contribution in [0.15, 0.2) is 0 Å². The number of hydrogen-bond donors (Lipinski definition) is 1. The fraction of sp³-hybridized carbons (Fsp3) is 0.875. The average molecular weight is 160 g/mol. The van der Waals surface area contributed by atoms with E-state index in [9.17, 15) is 4.79 Å². The van der Waals surface area contributed by atoms with Crippen molar-refractivity contribution in [3.05, 3.63) is 0 Å². The molecule has 0 aromatic rings. The van der Waals surface area contributed by atoms with Crippen LogP contribution in [0.25, 0.3) is 0 Å². The van der Waals surface area contributed by atoms with E-state index in [2.05, 4.69) is 0 Å². The van der Waals surface area contributed by atoms with Gasteiger partial charge in [0.05, 0.1) is 12.5 Å². The van der Waals surface area contributed by atoms with Crippen LogP contribution in [0.3, 0.4) is 0 Å². The number of rotatable bonds is 5. The zero-order chi connectivity index (χ0) is 8.85. The van der Waals surface area contributed by atoms with Crippen LogP contribution in [0, 0.1) is 5.92 Å². The molecule has 0 aliphatic carbocycles. The Bertz CT molecular complexity index is 119. The van der Waals surface area contributed by atoms with Crippen molar-refractivity contribution >= 4 is 5.97 Å². The van der Waals surface area contributed by atoms with Crippen molar-refractivity contribution in [3.63, 3.8) is 0 Å². The second-order valence-electron chi connectivity index (χ2n) is 2.76. The first-order valence-electron chi connectivity index (χ1n) is 3.86. The molecule has 0 saturated heterocycles. The molecule has 0 rings (SSSR count). The summed E-state index contributed by atoms with van der Waals surface area (Å²) in [5, 5.41) is 8.47. The quantitative estimate of drug-likeness (QED) is 0.663. The van der Waals surface area contributed by atoms with Crippen LogP contribution in [0.2, 0.25) is 0 Å². The number of hydrogen-bond acceptors (Lipinski definition) is 2. The van der Waals surface area contributed by atoms with Crippen molar-refractivity contribution in [1.29, 1.82) is 0 Å². The Morgan fingerprint density at radius 2 is 2.18 bits per heavy atom. The van der Waals surface area contributed by atoms with Gasteiger partial charge in [-0.2, -0.15) is 0 Å². The molecule has 0 aliphatic rings. The van der Waals surface area contributed by atoms with Crippen molar-refractivity contribution in [3.8, 4) is 0 Å². The van der Waals surface area contributed by atoms with Gasteiger partial charge in [0.15, 0.2) is 0 Å². The fourth-order valence-corrected chi connectivity index (χ4v) is 1.21. The van der Waals surface area contributed by atoms with Gasteiger partial charge in [0.2, 0.25) is 0 Å². The van der Waals surface area contributed by atoms with Gasteiger partial charge < -0.3 is 9.84 Å². The molecule has 2 unspecified atom stereocenters. The topological polar surface area (TPSA) is 46.5 Å². The fourth-order valence-electron chi connectivity index (χ4n) is 1.21. The normalized spacial score (nSPS) is 15.9. The first kappa shape index (κ1) is 10.4. The van der Waals surface area contributed by atoms with Crippen LogP contribution in [-0.2, 0) is 9.53 Å². The van der Waals surface area contributed by atoms with E-state index in [-0.39, 0.29) is 18.4 Å². The third-order valence-electron chi connectivity index (χ3n) is 1.84. The molecule has 0 heterocycles. The molecule has 0 bridgehead atoms. The highest BCUT2D eigenvalue weighted by Crippen LogP contribution is 2.13. The maximum absolute atomic E-state index is 10.3. The Balaban J connectivity index is 3.78. The van der Waals surface area contributed by atoms with Gasteiger partial charge in [0.1, 0.15) is 0 Å². The molecule has 1 N–H and O–H groups in total. The van der Waals surface area contributed by atoms with Gasteiger partial charge >= 0.3 is 5.97 Å². The van der Waals surface area contributed by atoms with Crippen LogP contribution in [0.5, 0.6) is 0 Å². The summed E-state index contributed by atoms with van der Waals surface area (Å²) < 4.78 is 5.10. The van der Waals surface area contributed by atoms with E-state index in [1.807, 2.05) is 13.8 Å². The molecular weight excluding hydrogens is 144 g/mol. The molecule has 0 aromatic heterocycles. The lowest BCUT2D eigenvalue weighted by atomic mass is 9.99. The Kier molecular flexibility index (Phi) is 4.86. The van der Waals surface area contributed by atoms with E-state index >= 15 is 0 Å². The van der Waals surface area contributed by atoms with E-state index in [1.54, 1.807) is 7.11 Å². The molecule has 0 amide bonds. The zero-order valence-electron chi connectivity index (χ0n) is 7.33. The highest BCUT2D eigenvalue weighted by Gasteiger charge is 2.16. The first-order valence-corrected chi connectivity index (χ1v) is 3.86. The van der Waals surface area contributed by atoms with Crippen LogP contribution >= 0.6 is 0 Å². The summed E-state index contributed by atoms with van der Waals surface area (Å²) in [7, 11) is 1.62. The smallest absolute Gasteiger partial charge is 0.303 e. The predicted molar refractivity (Wildman–Crippen MR) is 42.5 cm³/mol. The Morgan fingerprint density at radius 1 is 1.64 bits per heavy atom. The SMILES string of the molecule is CCC(OC)C(C)CC(=O)O. The van der Waals surface area contributed by atoms with Gasteiger partial charge in [-0.1, -0.05) is 13.8 Å². The van der Waals surface area contributed by atoms with Gasteiger partial charge in [-0.25, -0.2) is 0 Å². The summed E-state index contributed by atoms with van der Waals surface area (Å²) in [6.07, 6.45) is 1.13. The number of carboxylic acid groups (broad SMARTS) is 1. The Hall–Kier alpha value is -0.570. The van der Waals surface area contributed by atoms with E-state index in [1.165, 1.54) is 0 Å². The second-order valence-corrected chi connectivity index (χ2v) is 2.76. The van der Waals surface area contributed by atoms with Crippen LogP contribution < -0.4 is 0 Å². The van der Waals surface area contributed by atoms with Crippen molar-refractivity contribution in [2.75, 3.05) is 7.11 Å². The van der Waals surface area contributed by atoms with Crippen molar-refractivity contribution in [2.24, 2.45) is 5.92 Å². The monoisotopic (exact) mass is 160 g/mol. The molecule has 11 heavy (non-hydrogen) atoms. The number of carbonyl (C=O) groups is 1. The van der Waals surface area contributed by atoms with E-state index in [0.717, 1.165) is 6.42 Å². The molecule has 0 spiro atoms. The summed E-state index contributed by atoms with van der Waals surface area (Å²) in [5.74, 6) is -0.657. The maximum atomic E-state index is 10.3. The van der Waals surface area contributed by atoms with Crippen LogP contribution in [-0.4, -0.2) is 24.3 Å². The lowest BCUT2D eigenvalue weighted by Crippen LogP contribution is -2.21. The second kappa shape index (κ2) is 5.13. The molecule has 3 nitrogen and oxygen atoms in total. The minimum Gasteiger partial charge on any atom is -0.481 e. The van der Waals surface area contributed by atoms with Crippen molar-refractivity contribution in [2.45, 2.75) is 32.8 Å². The van der Waals surface area contributed by atoms with E-state index < -0.39 is 5.97 Å². The molecule has 2 atom stereocenters. The highest BCUT2D eigenvalue weighted by atomic mass is 16.5. The van der Waals surface area contributed by atoms with Gasteiger partial charge in [-0.3, -0.25) is 4.79 Å². The Labute approximate surface area is 67.4 Å². The summed E-state index contributed by atoms with van der Waals surface area (Å²) >= 11 is 0. The largest absolute Gasteiger partial charge is 0.481 e. The molecule has 0 fully saturated rings. The Morgan fingerprint density at radius 3 is 2.45 bits per heavy atom. The minimum atomic E-state index is -0.756. The summed E-state index contributed by atoms with van der Waals surface area (Å²) in [5.41, 5.74) is 0. The molecule has 66 valence electrons. The maximum Gasteiger partial charge on any atom is 0.303 e. The molecule has 0 saturated carbocycles. The lowest BCUT2D eigenvalue weighted by molar-refractivity contribution is -0.139. The minimum absolute atomic E-state index is 0.0751.